The molecule has 0 unspecified atom stereocenters. The summed E-state index contributed by atoms with van der Waals surface area (Å²) in [4.78, 5) is 33.4. The second-order valence-electron chi connectivity index (χ2n) is 4.90. The van der Waals surface area contributed by atoms with Gasteiger partial charge in [0.15, 0.2) is 0 Å². The number of nitrogens with one attached hydrogen (secondary N) is 1. The highest BCUT2D eigenvalue weighted by Gasteiger charge is 2.34. The minimum absolute atomic E-state index is 0.138. The molecule has 122 valence electrons. The molecule has 2 aromatic rings. The van der Waals surface area contributed by atoms with E-state index in [-0.39, 0.29) is 25.0 Å². The first-order chi connectivity index (χ1) is 11.7. The highest BCUT2D eigenvalue weighted by molar-refractivity contribution is 6.21. The number of carbonyl (C=O) groups excluding carboxylic acids is 2. The molecule has 3 rings (SSSR count). The van der Waals surface area contributed by atoms with Gasteiger partial charge in [0.05, 0.1) is 29.6 Å². The lowest BCUT2D eigenvalue weighted by atomic mass is 10.1. The number of imide groups is 1. The van der Waals surface area contributed by atoms with Crippen LogP contribution in [0.25, 0.3) is 0 Å². The summed E-state index contributed by atoms with van der Waals surface area (Å²) in [6.07, 6.45) is 2.57. The van der Waals surface area contributed by atoms with Crippen LogP contribution in [-0.2, 0) is 0 Å². The third-order valence-corrected chi connectivity index (χ3v) is 3.44. The predicted octanol–water partition coefficient (Wildman–Crippen LogP) is 1.40. The van der Waals surface area contributed by atoms with Gasteiger partial charge in [-0.25, -0.2) is 9.98 Å². The van der Waals surface area contributed by atoms with Gasteiger partial charge in [-0.1, -0.05) is 12.1 Å². The number of benzene rings is 1. The fourth-order valence-electron chi connectivity index (χ4n) is 2.32. The molecule has 1 aromatic carbocycles. The Labute approximate surface area is 137 Å². The summed E-state index contributed by atoms with van der Waals surface area (Å²) < 4.78 is 5.45. The number of aromatic nitrogens is 1. The first-order valence-electron chi connectivity index (χ1n) is 7.17. The predicted molar refractivity (Wildman–Crippen MR) is 84.6 cm³/mol. The summed E-state index contributed by atoms with van der Waals surface area (Å²) in [5.41, 5.74) is 3.16. The smallest absolute Gasteiger partial charge is 0.261 e. The van der Waals surface area contributed by atoms with E-state index in [1.807, 2.05) is 0 Å². The van der Waals surface area contributed by atoms with Crippen molar-refractivity contribution in [2.75, 3.05) is 13.2 Å². The molecule has 2 N–H and O–H groups in total. The van der Waals surface area contributed by atoms with E-state index in [4.69, 9.17) is 9.94 Å². The van der Waals surface area contributed by atoms with Crippen LogP contribution in [0.1, 0.15) is 20.7 Å². The van der Waals surface area contributed by atoms with E-state index < -0.39 is 0 Å². The zero-order valence-corrected chi connectivity index (χ0v) is 12.5. The average Bonchev–Trinajstić information content (AvgIpc) is 2.86. The third kappa shape index (κ3) is 3.08. The number of hydrogen-bond donors (Lipinski definition) is 2. The topological polar surface area (TPSA) is 104 Å². The summed E-state index contributed by atoms with van der Waals surface area (Å²) in [6.45, 7) is 0.279. The maximum atomic E-state index is 12.2. The number of ether oxygens (including phenoxy) is 1. The lowest BCUT2D eigenvalue weighted by Gasteiger charge is -2.14. The number of aliphatic imine (C=N–C) groups is 1. The molecule has 0 saturated heterocycles. The van der Waals surface area contributed by atoms with Crippen LogP contribution in [0.2, 0.25) is 0 Å². The Balaban J connectivity index is 1.57. The minimum Gasteiger partial charge on any atom is -0.476 e. The van der Waals surface area contributed by atoms with Crippen LogP contribution in [0.4, 0.5) is 5.69 Å². The molecular weight excluding hydrogens is 312 g/mol. The molecule has 1 aromatic heterocycles. The number of pyridine rings is 1. The van der Waals surface area contributed by atoms with Gasteiger partial charge in [-0.3, -0.25) is 25.2 Å². The van der Waals surface area contributed by atoms with Crippen LogP contribution >= 0.6 is 0 Å². The lowest BCUT2D eigenvalue weighted by Crippen LogP contribution is -2.33. The van der Waals surface area contributed by atoms with Crippen LogP contribution in [-0.4, -0.2) is 46.4 Å². The van der Waals surface area contributed by atoms with Crippen molar-refractivity contribution in [1.29, 1.82) is 0 Å². The molecule has 24 heavy (non-hydrogen) atoms. The maximum Gasteiger partial charge on any atom is 0.261 e. The normalized spacial score (nSPS) is 13.5. The molecule has 0 atom stereocenters. The average molecular weight is 326 g/mol. The van der Waals surface area contributed by atoms with Crippen LogP contribution in [0.5, 0.6) is 5.88 Å². The third-order valence-electron chi connectivity index (χ3n) is 3.44. The zero-order chi connectivity index (χ0) is 16.9. The Morgan fingerprint density at radius 2 is 1.88 bits per heavy atom. The highest BCUT2D eigenvalue weighted by Crippen LogP contribution is 2.22. The lowest BCUT2D eigenvalue weighted by molar-refractivity contribution is 0.0630. The van der Waals surface area contributed by atoms with Gasteiger partial charge in [0.2, 0.25) is 5.88 Å². The van der Waals surface area contributed by atoms with Crippen molar-refractivity contribution in [2.45, 2.75) is 0 Å². The molecule has 8 nitrogen and oxygen atoms in total. The Bertz CT molecular complexity index is 754. The van der Waals surface area contributed by atoms with E-state index in [2.05, 4.69) is 9.98 Å². The van der Waals surface area contributed by atoms with E-state index >= 15 is 0 Å². The Morgan fingerprint density at radius 3 is 2.46 bits per heavy atom. The first kappa shape index (κ1) is 15.6. The van der Waals surface area contributed by atoms with E-state index in [0.29, 0.717) is 22.7 Å². The van der Waals surface area contributed by atoms with Gasteiger partial charge in [-0.2, -0.15) is 0 Å². The number of amides is 2. The molecule has 0 radical (unpaired) electrons. The number of hydrogen-bond acceptors (Lipinski definition) is 6. The molecule has 0 spiro atoms. The monoisotopic (exact) mass is 326 g/mol. The van der Waals surface area contributed by atoms with Crippen molar-refractivity contribution < 1.29 is 19.5 Å². The van der Waals surface area contributed by atoms with Crippen molar-refractivity contribution in [1.82, 2.24) is 15.4 Å². The van der Waals surface area contributed by atoms with Gasteiger partial charge in [0.25, 0.3) is 11.8 Å². The van der Waals surface area contributed by atoms with E-state index in [0.717, 1.165) is 11.2 Å². The molecule has 1 aliphatic rings. The van der Waals surface area contributed by atoms with E-state index in [1.165, 1.54) is 6.20 Å². The molecule has 0 fully saturated rings. The van der Waals surface area contributed by atoms with E-state index in [9.17, 15) is 9.59 Å². The van der Waals surface area contributed by atoms with Crippen LogP contribution in [0, 0.1) is 0 Å². The van der Waals surface area contributed by atoms with Crippen molar-refractivity contribution in [3.8, 4) is 5.88 Å². The van der Waals surface area contributed by atoms with Gasteiger partial charge in [0.1, 0.15) is 12.9 Å². The Hall–Kier alpha value is -3.26. The molecule has 2 amide bonds. The summed E-state index contributed by atoms with van der Waals surface area (Å²) in [7, 11) is 0. The van der Waals surface area contributed by atoms with Crippen LogP contribution in [0.3, 0.4) is 0 Å². The standard InChI is InChI=1S/C16H14N4O4/c21-15-12-3-1-2-4-13(12)16(22)20(15)7-8-24-14-6-5-11(9-17-14)18-10-19-23/h1-6,9-10,23H,7-8H2,(H,18,19). The van der Waals surface area contributed by atoms with Crippen molar-refractivity contribution >= 4 is 23.8 Å². The van der Waals surface area contributed by atoms with Crippen molar-refractivity contribution in [3.63, 3.8) is 0 Å². The zero-order valence-electron chi connectivity index (χ0n) is 12.5. The fourth-order valence-corrected chi connectivity index (χ4v) is 2.32. The number of fused-ring (bicyclic) bond motifs is 1. The number of hydroxylamine groups is 1. The first-order valence-corrected chi connectivity index (χ1v) is 7.17. The summed E-state index contributed by atoms with van der Waals surface area (Å²) in [5.74, 6) is -0.274. The van der Waals surface area contributed by atoms with Gasteiger partial charge in [-0.15, -0.1) is 0 Å². The fraction of sp³-hybridized carbons (Fsp3) is 0.125. The SMILES string of the molecule is O=C1c2ccccc2C(=O)N1CCOc1ccc(N=CNO)cn1. The summed E-state index contributed by atoms with van der Waals surface area (Å²) in [5, 5.41) is 8.41. The largest absolute Gasteiger partial charge is 0.476 e. The quantitative estimate of drug-likeness (QED) is 0.360. The highest BCUT2D eigenvalue weighted by atomic mass is 16.5. The number of rotatable bonds is 6. The van der Waals surface area contributed by atoms with Gasteiger partial charge >= 0.3 is 0 Å². The Morgan fingerprint density at radius 1 is 1.17 bits per heavy atom. The van der Waals surface area contributed by atoms with E-state index in [1.54, 1.807) is 41.9 Å². The van der Waals surface area contributed by atoms with Crippen LogP contribution < -0.4 is 10.2 Å². The van der Waals surface area contributed by atoms with Crippen molar-refractivity contribution in [2.24, 2.45) is 4.99 Å². The van der Waals surface area contributed by atoms with Crippen molar-refractivity contribution in [3.05, 3.63) is 53.7 Å². The summed E-state index contributed by atoms with van der Waals surface area (Å²) >= 11 is 0. The number of nitrogens with zero attached hydrogens (tertiary/aromatic N) is 3. The molecule has 0 bridgehead atoms. The molecule has 8 heteroatoms. The van der Waals surface area contributed by atoms with Crippen LogP contribution in [0.15, 0.2) is 47.6 Å². The second-order valence-corrected chi connectivity index (χ2v) is 4.90. The molecule has 2 heterocycles. The summed E-state index contributed by atoms with van der Waals surface area (Å²) in [6, 6.07) is 9.98. The number of carbonyl (C=O) groups is 2. The molecule has 1 aliphatic heterocycles. The molecular formula is C16H14N4O4. The molecule has 0 aliphatic carbocycles. The Kier molecular flexibility index (Phi) is 4.48. The van der Waals surface area contributed by atoms with Gasteiger partial charge in [0, 0.05) is 6.07 Å². The maximum absolute atomic E-state index is 12.2. The second kappa shape index (κ2) is 6.88. The molecule has 0 saturated carbocycles. The minimum atomic E-state index is -0.312. The van der Waals surface area contributed by atoms with Gasteiger partial charge in [-0.05, 0) is 18.2 Å². The van der Waals surface area contributed by atoms with Gasteiger partial charge < -0.3 is 4.74 Å².